The van der Waals surface area contributed by atoms with Gasteiger partial charge < -0.3 is 11.1 Å². The summed E-state index contributed by atoms with van der Waals surface area (Å²) in [4.78, 5) is 12.1. The average molecular weight is 280 g/mol. The van der Waals surface area contributed by atoms with Crippen LogP contribution in [0.2, 0.25) is 0 Å². The van der Waals surface area contributed by atoms with Crippen LogP contribution in [0.4, 0.5) is 0 Å². The smallest absolute Gasteiger partial charge is 0.220 e. The molecule has 2 atom stereocenters. The van der Waals surface area contributed by atoms with Crippen LogP contribution in [0.5, 0.6) is 0 Å². The molecule has 0 spiro atoms. The second kappa shape index (κ2) is 8.02. The summed E-state index contributed by atoms with van der Waals surface area (Å²) in [6.07, 6.45) is 12.9. The van der Waals surface area contributed by atoms with Crippen LogP contribution in [0, 0.1) is 11.8 Å². The highest BCUT2D eigenvalue weighted by Gasteiger charge is 2.25. The van der Waals surface area contributed by atoms with E-state index in [0.29, 0.717) is 24.4 Å². The van der Waals surface area contributed by atoms with Gasteiger partial charge in [0, 0.05) is 18.5 Å². The van der Waals surface area contributed by atoms with Crippen LogP contribution in [0.15, 0.2) is 0 Å². The van der Waals surface area contributed by atoms with E-state index in [1.165, 1.54) is 51.4 Å². The van der Waals surface area contributed by atoms with Crippen LogP contribution in [-0.2, 0) is 4.79 Å². The highest BCUT2D eigenvalue weighted by Crippen LogP contribution is 2.29. The van der Waals surface area contributed by atoms with Gasteiger partial charge in [-0.25, -0.2) is 0 Å². The molecule has 3 N–H and O–H groups in total. The fraction of sp³-hybridized carbons (Fsp3) is 0.941. The predicted molar refractivity (Wildman–Crippen MR) is 83.3 cm³/mol. The molecule has 0 radical (unpaired) electrons. The number of rotatable bonds is 5. The fourth-order valence-corrected chi connectivity index (χ4v) is 4.07. The molecule has 3 heteroatoms. The van der Waals surface area contributed by atoms with Gasteiger partial charge in [-0.15, -0.1) is 0 Å². The summed E-state index contributed by atoms with van der Waals surface area (Å²) in [6.45, 7) is 2.27. The second-order valence-electron chi connectivity index (χ2n) is 7.07. The maximum Gasteiger partial charge on any atom is 0.220 e. The minimum atomic E-state index is 0.267. The Hall–Kier alpha value is -0.570. The third-order valence-electron chi connectivity index (χ3n) is 5.21. The number of nitrogens with two attached hydrogens (primary N) is 1. The first-order chi connectivity index (χ1) is 9.67. The van der Waals surface area contributed by atoms with E-state index >= 15 is 0 Å². The van der Waals surface area contributed by atoms with Gasteiger partial charge in [0.1, 0.15) is 0 Å². The Kier molecular flexibility index (Phi) is 6.34. The summed E-state index contributed by atoms with van der Waals surface area (Å²) in [5.74, 6) is 1.70. The molecule has 0 aromatic carbocycles. The zero-order valence-electron chi connectivity index (χ0n) is 13.1. The van der Waals surface area contributed by atoms with Crippen LogP contribution in [0.3, 0.4) is 0 Å². The lowest BCUT2D eigenvalue weighted by atomic mass is 9.82. The standard InChI is InChI=1S/C17H32N2O/c1-2-4-13-7-9-16(10-8-13)19-17(20)12-14-5-3-6-15(18)11-14/h13-16H,2-12,18H2,1H3,(H,19,20). The van der Waals surface area contributed by atoms with Crippen LogP contribution in [0.25, 0.3) is 0 Å². The van der Waals surface area contributed by atoms with Crippen molar-refractivity contribution >= 4 is 5.91 Å². The van der Waals surface area contributed by atoms with E-state index in [9.17, 15) is 4.79 Å². The highest BCUT2D eigenvalue weighted by atomic mass is 16.1. The number of carbonyl (C=O) groups excluding carboxylic acids is 1. The van der Waals surface area contributed by atoms with Crippen molar-refractivity contribution in [1.29, 1.82) is 0 Å². The van der Waals surface area contributed by atoms with Crippen molar-refractivity contribution in [2.45, 2.75) is 89.6 Å². The molecule has 116 valence electrons. The average Bonchev–Trinajstić information content (AvgIpc) is 2.41. The fourth-order valence-electron chi connectivity index (χ4n) is 4.07. The van der Waals surface area contributed by atoms with Crippen LogP contribution in [0.1, 0.15) is 77.6 Å². The first-order valence-electron chi connectivity index (χ1n) is 8.72. The van der Waals surface area contributed by atoms with E-state index < -0.39 is 0 Å². The summed E-state index contributed by atoms with van der Waals surface area (Å²) in [6, 6.07) is 0.763. The molecule has 2 rings (SSSR count). The van der Waals surface area contributed by atoms with E-state index in [1.807, 2.05) is 0 Å². The number of amides is 1. The molecule has 20 heavy (non-hydrogen) atoms. The molecular formula is C17H32N2O. The number of hydrogen-bond donors (Lipinski definition) is 2. The number of hydrogen-bond acceptors (Lipinski definition) is 2. The lowest BCUT2D eigenvalue weighted by Crippen LogP contribution is -2.39. The summed E-state index contributed by atoms with van der Waals surface area (Å²) >= 11 is 0. The zero-order valence-corrected chi connectivity index (χ0v) is 13.1. The maximum absolute atomic E-state index is 12.1. The summed E-state index contributed by atoms with van der Waals surface area (Å²) < 4.78 is 0. The molecule has 3 nitrogen and oxygen atoms in total. The van der Waals surface area contributed by atoms with Crippen molar-refractivity contribution < 1.29 is 4.79 Å². The van der Waals surface area contributed by atoms with Gasteiger partial charge in [0.25, 0.3) is 0 Å². The first-order valence-corrected chi connectivity index (χ1v) is 8.72. The minimum Gasteiger partial charge on any atom is -0.353 e. The lowest BCUT2D eigenvalue weighted by molar-refractivity contribution is -0.123. The molecule has 2 aliphatic rings. The second-order valence-corrected chi connectivity index (χ2v) is 7.07. The summed E-state index contributed by atoms with van der Waals surface area (Å²) in [5.41, 5.74) is 6.00. The van der Waals surface area contributed by atoms with Gasteiger partial charge in [-0.05, 0) is 56.8 Å². The van der Waals surface area contributed by atoms with Gasteiger partial charge in [0.05, 0.1) is 0 Å². The van der Waals surface area contributed by atoms with Gasteiger partial charge in [-0.3, -0.25) is 4.79 Å². The summed E-state index contributed by atoms with van der Waals surface area (Å²) in [7, 11) is 0. The summed E-state index contributed by atoms with van der Waals surface area (Å²) in [5, 5.41) is 3.26. The molecule has 0 aliphatic heterocycles. The first kappa shape index (κ1) is 15.8. The molecular weight excluding hydrogens is 248 g/mol. The maximum atomic E-state index is 12.1. The molecule has 2 unspecified atom stereocenters. The van der Waals surface area contributed by atoms with Crippen molar-refractivity contribution in [3.63, 3.8) is 0 Å². The third kappa shape index (κ3) is 5.08. The highest BCUT2D eigenvalue weighted by molar-refractivity contribution is 5.76. The third-order valence-corrected chi connectivity index (χ3v) is 5.21. The van der Waals surface area contributed by atoms with Gasteiger partial charge in [0.2, 0.25) is 5.91 Å². The van der Waals surface area contributed by atoms with Crippen molar-refractivity contribution in [3.8, 4) is 0 Å². The Bertz CT molecular complexity index is 297. The molecule has 2 fully saturated rings. The van der Waals surface area contributed by atoms with E-state index in [-0.39, 0.29) is 5.91 Å². The molecule has 2 aliphatic carbocycles. The molecule has 1 amide bonds. The molecule has 0 saturated heterocycles. The van der Waals surface area contributed by atoms with Gasteiger partial charge in [-0.2, -0.15) is 0 Å². The van der Waals surface area contributed by atoms with Gasteiger partial charge >= 0.3 is 0 Å². The van der Waals surface area contributed by atoms with Crippen molar-refractivity contribution in [2.75, 3.05) is 0 Å². The van der Waals surface area contributed by atoms with E-state index in [1.54, 1.807) is 0 Å². The van der Waals surface area contributed by atoms with Gasteiger partial charge in [0.15, 0.2) is 0 Å². The molecule has 0 bridgehead atoms. The van der Waals surface area contributed by atoms with E-state index in [2.05, 4.69) is 12.2 Å². The SMILES string of the molecule is CCCC1CCC(NC(=O)CC2CCCC(N)C2)CC1. The Morgan fingerprint density at radius 3 is 2.50 bits per heavy atom. The zero-order chi connectivity index (χ0) is 14.4. The Morgan fingerprint density at radius 2 is 1.85 bits per heavy atom. The number of nitrogens with one attached hydrogen (secondary N) is 1. The van der Waals surface area contributed by atoms with E-state index in [0.717, 1.165) is 18.8 Å². The van der Waals surface area contributed by atoms with Crippen molar-refractivity contribution in [3.05, 3.63) is 0 Å². The van der Waals surface area contributed by atoms with Crippen LogP contribution < -0.4 is 11.1 Å². The topological polar surface area (TPSA) is 55.1 Å². The predicted octanol–water partition coefficient (Wildman–Crippen LogP) is 3.37. The molecule has 0 heterocycles. The molecule has 0 aromatic rings. The van der Waals surface area contributed by atoms with Crippen LogP contribution in [-0.4, -0.2) is 18.0 Å². The quantitative estimate of drug-likeness (QED) is 0.811. The van der Waals surface area contributed by atoms with Crippen molar-refractivity contribution in [1.82, 2.24) is 5.32 Å². The minimum absolute atomic E-state index is 0.267. The van der Waals surface area contributed by atoms with Gasteiger partial charge in [-0.1, -0.05) is 26.2 Å². The Labute approximate surface area is 124 Å². The molecule has 0 aromatic heterocycles. The Balaban J connectivity index is 1.65. The monoisotopic (exact) mass is 280 g/mol. The van der Waals surface area contributed by atoms with Crippen LogP contribution >= 0.6 is 0 Å². The Morgan fingerprint density at radius 1 is 1.10 bits per heavy atom. The number of carbonyl (C=O) groups is 1. The normalized spacial score (nSPS) is 34.7. The lowest BCUT2D eigenvalue weighted by Gasteiger charge is -2.30. The largest absolute Gasteiger partial charge is 0.353 e. The van der Waals surface area contributed by atoms with E-state index in [4.69, 9.17) is 5.73 Å². The van der Waals surface area contributed by atoms with Crippen molar-refractivity contribution in [2.24, 2.45) is 17.6 Å². The molecule has 2 saturated carbocycles.